The molecule has 10 heteroatoms. The number of aliphatic imine (C=N–C) groups is 1. The highest BCUT2D eigenvalue weighted by Gasteiger charge is 2.53. The summed E-state index contributed by atoms with van der Waals surface area (Å²) in [6.45, 7) is 1.76. The van der Waals surface area contributed by atoms with Crippen molar-refractivity contribution in [2.75, 3.05) is 6.54 Å². The molecule has 1 aromatic carbocycles. The third kappa shape index (κ3) is 5.92. The molecule has 0 aromatic heterocycles. The Morgan fingerprint density at radius 3 is 2.62 bits per heavy atom. The Morgan fingerprint density at radius 1 is 1.24 bits per heavy atom. The Labute approximate surface area is 199 Å². The molecule has 3 unspecified atom stereocenters. The molecule has 3 amide bonds. The fraction of sp³-hybridized carbons (Fsp3) is 0.542. The number of guanidine groups is 1. The van der Waals surface area contributed by atoms with Gasteiger partial charge in [-0.15, -0.1) is 0 Å². The summed E-state index contributed by atoms with van der Waals surface area (Å²) in [6, 6.07) is 8.11. The van der Waals surface area contributed by atoms with Gasteiger partial charge < -0.3 is 31.8 Å². The van der Waals surface area contributed by atoms with E-state index >= 15 is 0 Å². The summed E-state index contributed by atoms with van der Waals surface area (Å²) in [5.41, 5.74) is 10.4. The quantitative estimate of drug-likeness (QED) is 0.163. The monoisotopic (exact) mass is 470 g/mol. The normalized spacial score (nSPS) is 24.6. The van der Waals surface area contributed by atoms with Gasteiger partial charge in [-0.05, 0) is 44.1 Å². The van der Waals surface area contributed by atoms with Crippen molar-refractivity contribution in [2.24, 2.45) is 16.5 Å². The minimum Gasteiger partial charge on any atom is -0.370 e. The standard InChI is InChI=1S/C24H34N6O4/c1-16(32)29-24(14-17-6-3-2-4-7-17)12-11-19-9-10-20(30(19)22(24)34)21(33)28-18(15-31)8-5-13-27-23(25)26/h2-4,6-7,15,18-20H,5,8-14H2,1H3,(H,28,33)(H,29,32)(H4,25,26,27)/t18-,19?,20?,24?/m0/s1. The molecule has 2 fully saturated rings. The number of carbonyl (C=O) groups is 4. The number of rotatable bonds is 10. The van der Waals surface area contributed by atoms with Crippen LogP contribution >= 0.6 is 0 Å². The van der Waals surface area contributed by atoms with Crippen molar-refractivity contribution < 1.29 is 19.2 Å². The number of nitrogens with one attached hydrogen (secondary N) is 2. The molecule has 1 aromatic rings. The van der Waals surface area contributed by atoms with Crippen molar-refractivity contribution in [2.45, 2.75) is 75.5 Å². The predicted octanol–water partition coefficient (Wildman–Crippen LogP) is -0.00530. The zero-order chi connectivity index (χ0) is 24.7. The first-order valence-electron chi connectivity index (χ1n) is 11.7. The first kappa shape index (κ1) is 25.2. The second-order valence-electron chi connectivity index (χ2n) is 9.12. The topological polar surface area (TPSA) is 160 Å². The summed E-state index contributed by atoms with van der Waals surface area (Å²) >= 11 is 0. The average molecular weight is 471 g/mol. The highest BCUT2D eigenvalue weighted by atomic mass is 16.2. The van der Waals surface area contributed by atoms with Crippen LogP contribution in [0.25, 0.3) is 0 Å². The van der Waals surface area contributed by atoms with Gasteiger partial charge in [0.05, 0.1) is 6.04 Å². The largest absolute Gasteiger partial charge is 0.370 e. The van der Waals surface area contributed by atoms with Crippen molar-refractivity contribution in [1.29, 1.82) is 0 Å². The number of benzene rings is 1. The van der Waals surface area contributed by atoms with E-state index in [2.05, 4.69) is 15.6 Å². The summed E-state index contributed by atoms with van der Waals surface area (Å²) in [7, 11) is 0. The van der Waals surface area contributed by atoms with Crippen molar-refractivity contribution in [3.63, 3.8) is 0 Å². The first-order valence-corrected chi connectivity index (χ1v) is 11.7. The van der Waals surface area contributed by atoms with Crippen molar-refractivity contribution in [3.8, 4) is 0 Å². The Hall–Kier alpha value is -3.43. The molecule has 0 radical (unpaired) electrons. The van der Waals surface area contributed by atoms with Crippen LogP contribution in [-0.4, -0.2) is 65.1 Å². The minimum atomic E-state index is -1.10. The number of aldehydes is 1. The molecule has 184 valence electrons. The zero-order valence-corrected chi connectivity index (χ0v) is 19.5. The number of carbonyl (C=O) groups excluding carboxylic acids is 4. The van der Waals surface area contributed by atoms with Crippen LogP contribution in [0.1, 0.15) is 51.0 Å². The molecular weight excluding hydrogens is 436 g/mol. The lowest BCUT2D eigenvalue weighted by Crippen LogP contribution is -2.67. The average Bonchev–Trinajstić information content (AvgIpc) is 3.23. The van der Waals surface area contributed by atoms with Gasteiger partial charge in [0.1, 0.15) is 17.9 Å². The number of fused-ring (bicyclic) bond motifs is 1. The maximum atomic E-state index is 13.8. The molecule has 0 spiro atoms. The number of nitrogens with two attached hydrogens (primary N) is 2. The van der Waals surface area contributed by atoms with Crippen molar-refractivity contribution in [1.82, 2.24) is 15.5 Å². The summed E-state index contributed by atoms with van der Waals surface area (Å²) < 4.78 is 0. The van der Waals surface area contributed by atoms with Crippen LogP contribution in [0.4, 0.5) is 0 Å². The fourth-order valence-electron chi connectivity index (χ4n) is 5.08. The van der Waals surface area contributed by atoms with Gasteiger partial charge in [-0.25, -0.2) is 0 Å². The summed E-state index contributed by atoms with van der Waals surface area (Å²) in [6.07, 6.45) is 4.39. The molecule has 0 aliphatic carbocycles. The smallest absolute Gasteiger partial charge is 0.249 e. The first-order chi connectivity index (χ1) is 16.3. The Bertz CT molecular complexity index is 933. The van der Waals surface area contributed by atoms with E-state index in [1.807, 2.05) is 30.3 Å². The molecule has 3 rings (SSSR count). The number of amides is 3. The van der Waals surface area contributed by atoms with E-state index in [1.54, 1.807) is 4.90 Å². The van der Waals surface area contributed by atoms with Gasteiger partial charge in [-0.2, -0.15) is 0 Å². The molecule has 2 heterocycles. The lowest BCUT2D eigenvalue weighted by Gasteiger charge is -2.45. The third-order valence-electron chi connectivity index (χ3n) is 6.58. The fourth-order valence-corrected chi connectivity index (χ4v) is 5.08. The predicted molar refractivity (Wildman–Crippen MR) is 127 cm³/mol. The van der Waals surface area contributed by atoms with Gasteiger partial charge in [0.25, 0.3) is 0 Å². The maximum Gasteiger partial charge on any atom is 0.249 e. The van der Waals surface area contributed by atoms with Crippen molar-refractivity contribution >= 4 is 30.0 Å². The summed E-state index contributed by atoms with van der Waals surface area (Å²) in [4.78, 5) is 56.1. The van der Waals surface area contributed by atoms with E-state index in [0.29, 0.717) is 57.8 Å². The zero-order valence-electron chi connectivity index (χ0n) is 19.5. The van der Waals surface area contributed by atoms with Crippen LogP contribution in [0, 0.1) is 0 Å². The van der Waals surface area contributed by atoms with E-state index in [9.17, 15) is 19.2 Å². The molecule has 2 aliphatic rings. The Kier molecular flexibility index (Phi) is 8.25. The number of hydrogen-bond donors (Lipinski definition) is 4. The summed E-state index contributed by atoms with van der Waals surface area (Å²) in [5.74, 6) is -0.904. The van der Waals surface area contributed by atoms with Crippen LogP contribution in [0.15, 0.2) is 35.3 Å². The molecule has 4 atom stereocenters. The molecule has 2 aliphatic heterocycles. The summed E-state index contributed by atoms with van der Waals surface area (Å²) in [5, 5.41) is 5.68. The molecule has 34 heavy (non-hydrogen) atoms. The number of hydrogen-bond acceptors (Lipinski definition) is 5. The van der Waals surface area contributed by atoms with Crippen LogP contribution in [0.3, 0.4) is 0 Å². The highest BCUT2D eigenvalue weighted by Crippen LogP contribution is 2.38. The van der Waals surface area contributed by atoms with Crippen LogP contribution < -0.4 is 22.1 Å². The third-order valence-corrected chi connectivity index (χ3v) is 6.58. The lowest BCUT2D eigenvalue weighted by molar-refractivity contribution is -0.152. The van der Waals surface area contributed by atoms with E-state index in [1.165, 1.54) is 6.92 Å². The highest BCUT2D eigenvalue weighted by molar-refractivity contribution is 5.96. The molecule has 0 saturated carbocycles. The molecule has 0 bridgehead atoms. The van der Waals surface area contributed by atoms with E-state index in [4.69, 9.17) is 11.5 Å². The Morgan fingerprint density at radius 2 is 1.97 bits per heavy atom. The number of piperidine rings is 1. The molecule has 6 N–H and O–H groups in total. The second kappa shape index (κ2) is 11.1. The van der Waals surface area contributed by atoms with Gasteiger partial charge in [0, 0.05) is 25.9 Å². The van der Waals surface area contributed by atoms with Crippen LogP contribution in [-0.2, 0) is 25.6 Å². The van der Waals surface area contributed by atoms with Gasteiger partial charge in [-0.3, -0.25) is 19.4 Å². The van der Waals surface area contributed by atoms with Crippen LogP contribution in [0.5, 0.6) is 0 Å². The van der Waals surface area contributed by atoms with Gasteiger partial charge >= 0.3 is 0 Å². The van der Waals surface area contributed by atoms with Crippen molar-refractivity contribution in [3.05, 3.63) is 35.9 Å². The van der Waals surface area contributed by atoms with Gasteiger partial charge in [-0.1, -0.05) is 30.3 Å². The Balaban J connectivity index is 1.74. The molecule has 2 saturated heterocycles. The van der Waals surface area contributed by atoms with Gasteiger partial charge in [0.2, 0.25) is 17.7 Å². The molecule has 10 nitrogen and oxygen atoms in total. The van der Waals surface area contributed by atoms with E-state index < -0.39 is 17.6 Å². The SMILES string of the molecule is CC(=O)NC1(Cc2ccccc2)CCC2CCC(C(=O)N[C@H](C=O)CCCN=C(N)N)N2C1=O. The minimum absolute atomic E-state index is 0.0227. The lowest BCUT2D eigenvalue weighted by atomic mass is 9.80. The second-order valence-corrected chi connectivity index (χ2v) is 9.12. The van der Waals surface area contributed by atoms with Crippen LogP contribution in [0.2, 0.25) is 0 Å². The van der Waals surface area contributed by atoms with Gasteiger partial charge in [0.15, 0.2) is 5.96 Å². The maximum absolute atomic E-state index is 13.8. The van der Waals surface area contributed by atoms with E-state index in [-0.39, 0.29) is 29.7 Å². The molecular formula is C24H34N6O4. The number of nitrogens with zero attached hydrogens (tertiary/aromatic N) is 2. The van der Waals surface area contributed by atoms with E-state index in [0.717, 1.165) is 5.56 Å².